The van der Waals surface area contributed by atoms with Gasteiger partial charge in [-0.25, -0.2) is 15.0 Å². The first-order chi connectivity index (χ1) is 10.00. The molecule has 1 saturated heterocycles. The third-order valence-electron chi connectivity index (χ3n) is 3.98. The fourth-order valence-corrected chi connectivity index (χ4v) is 2.81. The number of fused-ring (bicyclic) bond motifs is 1. The van der Waals surface area contributed by atoms with E-state index in [-0.39, 0.29) is 18.6 Å². The molecular formula is C14H21N5O2. The normalized spacial score (nSPS) is 19.3. The second-order valence-electron chi connectivity index (χ2n) is 6.44. The zero-order valence-corrected chi connectivity index (χ0v) is 12.4. The van der Waals surface area contributed by atoms with Crippen LogP contribution in [0, 0.1) is 5.41 Å². The SMILES string of the molecule is CC1(C)CCN(c2ncnc3c2ncn3C[C@H](O)CO)C1. The molecule has 0 radical (unpaired) electrons. The van der Waals surface area contributed by atoms with Crippen LogP contribution < -0.4 is 4.90 Å². The van der Waals surface area contributed by atoms with Crippen LogP contribution in [0.25, 0.3) is 11.2 Å². The smallest absolute Gasteiger partial charge is 0.165 e. The molecule has 21 heavy (non-hydrogen) atoms. The highest BCUT2D eigenvalue weighted by molar-refractivity contribution is 5.83. The van der Waals surface area contributed by atoms with Crippen LogP contribution in [-0.4, -0.2) is 55.5 Å². The van der Waals surface area contributed by atoms with Gasteiger partial charge >= 0.3 is 0 Å². The fourth-order valence-electron chi connectivity index (χ4n) is 2.81. The van der Waals surface area contributed by atoms with Gasteiger partial charge in [0, 0.05) is 13.1 Å². The molecule has 1 atom stereocenters. The third-order valence-corrected chi connectivity index (χ3v) is 3.98. The first-order valence-corrected chi connectivity index (χ1v) is 7.20. The van der Waals surface area contributed by atoms with Gasteiger partial charge < -0.3 is 19.7 Å². The van der Waals surface area contributed by atoms with Crippen LogP contribution in [-0.2, 0) is 6.54 Å². The number of aromatic nitrogens is 4. The number of hydrogen-bond acceptors (Lipinski definition) is 6. The van der Waals surface area contributed by atoms with E-state index in [1.807, 2.05) is 0 Å². The maximum Gasteiger partial charge on any atom is 0.165 e. The van der Waals surface area contributed by atoms with Gasteiger partial charge in [0.05, 0.1) is 25.6 Å². The van der Waals surface area contributed by atoms with Crippen molar-refractivity contribution in [1.29, 1.82) is 0 Å². The van der Waals surface area contributed by atoms with E-state index in [2.05, 4.69) is 33.7 Å². The summed E-state index contributed by atoms with van der Waals surface area (Å²) in [5.74, 6) is 0.850. The molecule has 0 saturated carbocycles. The van der Waals surface area contributed by atoms with E-state index < -0.39 is 6.10 Å². The third kappa shape index (κ3) is 2.71. The molecule has 1 fully saturated rings. The zero-order valence-electron chi connectivity index (χ0n) is 12.4. The standard InChI is InChI=1S/C14H21N5O2/c1-14(2)3-4-18(7-14)12-11-13(16-8-15-12)19(9-17-11)5-10(21)6-20/h8-10,20-21H,3-7H2,1-2H3/t10-/m0/s1. The lowest BCUT2D eigenvalue weighted by molar-refractivity contribution is 0.0820. The molecule has 0 spiro atoms. The summed E-state index contributed by atoms with van der Waals surface area (Å²) in [7, 11) is 0. The zero-order chi connectivity index (χ0) is 15.0. The van der Waals surface area contributed by atoms with Crippen LogP contribution >= 0.6 is 0 Å². The molecule has 0 unspecified atom stereocenters. The molecule has 114 valence electrons. The average molecular weight is 291 g/mol. The van der Waals surface area contributed by atoms with Gasteiger partial charge in [0.25, 0.3) is 0 Å². The van der Waals surface area contributed by atoms with Gasteiger partial charge in [0.1, 0.15) is 6.33 Å². The van der Waals surface area contributed by atoms with Gasteiger partial charge in [-0.1, -0.05) is 13.8 Å². The molecular weight excluding hydrogens is 270 g/mol. The molecule has 2 N–H and O–H groups in total. The van der Waals surface area contributed by atoms with Crippen molar-refractivity contribution in [3.05, 3.63) is 12.7 Å². The van der Waals surface area contributed by atoms with Crippen molar-refractivity contribution in [3.63, 3.8) is 0 Å². The number of imidazole rings is 1. The van der Waals surface area contributed by atoms with Crippen LogP contribution in [0.3, 0.4) is 0 Å². The van der Waals surface area contributed by atoms with Crippen molar-refractivity contribution in [2.45, 2.75) is 32.9 Å². The van der Waals surface area contributed by atoms with Crippen LogP contribution in [0.2, 0.25) is 0 Å². The van der Waals surface area contributed by atoms with Gasteiger partial charge in [-0.3, -0.25) is 0 Å². The summed E-state index contributed by atoms with van der Waals surface area (Å²) in [5.41, 5.74) is 1.73. The van der Waals surface area contributed by atoms with Crippen molar-refractivity contribution in [2.24, 2.45) is 5.41 Å². The number of nitrogens with zero attached hydrogens (tertiary/aromatic N) is 5. The van der Waals surface area contributed by atoms with Crippen molar-refractivity contribution in [1.82, 2.24) is 19.5 Å². The highest BCUT2D eigenvalue weighted by Gasteiger charge is 2.31. The van der Waals surface area contributed by atoms with Crippen LogP contribution in [0.5, 0.6) is 0 Å². The highest BCUT2D eigenvalue weighted by atomic mass is 16.3. The van der Waals surface area contributed by atoms with Crippen molar-refractivity contribution in [2.75, 3.05) is 24.6 Å². The van der Waals surface area contributed by atoms with Gasteiger partial charge in [0.2, 0.25) is 0 Å². The Balaban J connectivity index is 1.94. The van der Waals surface area contributed by atoms with Gasteiger partial charge in [-0.05, 0) is 11.8 Å². The minimum atomic E-state index is -0.813. The number of anilines is 1. The quantitative estimate of drug-likeness (QED) is 0.848. The number of aliphatic hydroxyl groups is 2. The van der Waals surface area contributed by atoms with E-state index in [4.69, 9.17) is 5.11 Å². The molecule has 0 aromatic carbocycles. The summed E-state index contributed by atoms with van der Waals surface area (Å²) in [4.78, 5) is 15.3. The summed E-state index contributed by atoms with van der Waals surface area (Å²) in [6.45, 7) is 6.41. The largest absolute Gasteiger partial charge is 0.394 e. The van der Waals surface area contributed by atoms with E-state index >= 15 is 0 Å². The van der Waals surface area contributed by atoms with Crippen LogP contribution in [0.4, 0.5) is 5.82 Å². The Kier molecular flexibility index (Phi) is 3.54. The lowest BCUT2D eigenvalue weighted by Gasteiger charge is -2.20. The van der Waals surface area contributed by atoms with Gasteiger partial charge in [-0.15, -0.1) is 0 Å². The predicted octanol–water partition coefficient (Wildman–Crippen LogP) is 0.416. The number of hydrogen-bond donors (Lipinski definition) is 2. The van der Waals surface area contributed by atoms with Crippen LogP contribution in [0.15, 0.2) is 12.7 Å². The molecule has 7 nitrogen and oxygen atoms in total. The van der Waals surface area contributed by atoms with E-state index in [0.717, 1.165) is 30.8 Å². The summed E-state index contributed by atoms with van der Waals surface area (Å²) >= 11 is 0. The Bertz CT molecular complexity index is 639. The Hall–Kier alpha value is -1.73. The Morgan fingerprint density at radius 1 is 1.33 bits per heavy atom. The highest BCUT2D eigenvalue weighted by Crippen LogP contribution is 2.33. The molecule has 0 amide bonds. The topological polar surface area (TPSA) is 87.3 Å². The molecule has 1 aliphatic heterocycles. The average Bonchev–Trinajstić information content (AvgIpc) is 3.02. The lowest BCUT2D eigenvalue weighted by Crippen LogP contribution is -2.24. The van der Waals surface area contributed by atoms with E-state index in [1.54, 1.807) is 10.9 Å². The lowest BCUT2D eigenvalue weighted by atomic mass is 9.93. The second-order valence-corrected chi connectivity index (χ2v) is 6.44. The molecule has 0 aliphatic carbocycles. The van der Waals surface area contributed by atoms with Crippen molar-refractivity contribution < 1.29 is 10.2 Å². The molecule has 2 aromatic rings. The summed E-state index contributed by atoms with van der Waals surface area (Å²) < 4.78 is 1.75. The second kappa shape index (κ2) is 5.23. The molecule has 2 aromatic heterocycles. The van der Waals surface area contributed by atoms with Crippen LogP contribution in [0.1, 0.15) is 20.3 Å². The summed E-state index contributed by atoms with van der Waals surface area (Å²) in [6, 6.07) is 0. The summed E-state index contributed by atoms with van der Waals surface area (Å²) in [6.07, 6.45) is 3.49. The summed E-state index contributed by atoms with van der Waals surface area (Å²) in [5, 5.41) is 18.6. The fraction of sp³-hybridized carbons (Fsp3) is 0.643. The maximum atomic E-state index is 9.59. The Labute approximate surface area is 123 Å². The monoisotopic (exact) mass is 291 g/mol. The van der Waals surface area contributed by atoms with E-state index in [1.165, 1.54) is 6.33 Å². The number of aliphatic hydroxyl groups excluding tert-OH is 2. The molecule has 7 heteroatoms. The number of rotatable bonds is 4. The van der Waals surface area contributed by atoms with Crippen molar-refractivity contribution in [3.8, 4) is 0 Å². The first kappa shape index (κ1) is 14.2. The maximum absolute atomic E-state index is 9.59. The van der Waals surface area contributed by atoms with Crippen molar-refractivity contribution >= 4 is 17.0 Å². The Morgan fingerprint density at radius 3 is 2.81 bits per heavy atom. The Morgan fingerprint density at radius 2 is 2.14 bits per heavy atom. The van der Waals surface area contributed by atoms with E-state index in [0.29, 0.717) is 5.65 Å². The minimum absolute atomic E-state index is 0.273. The van der Waals surface area contributed by atoms with Gasteiger partial charge in [0.15, 0.2) is 17.0 Å². The van der Waals surface area contributed by atoms with E-state index in [9.17, 15) is 5.11 Å². The molecule has 3 heterocycles. The minimum Gasteiger partial charge on any atom is -0.394 e. The van der Waals surface area contributed by atoms with Gasteiger partial charge in [-0.2, -0.15) is 0 Å². The predicted molar refractivity (Wildman–Crippen MR) is 79.0 cm³/mol. The first-order valence-electron chi connectivity index (χ1n) is 7.20. The molecule has 3 rings (SSSR count). The molecule has 0 bridgehead atoms. The molecule has 1 aliphatic rings.